The molecule has 42 heavy (non-hydrogen) atoms. The molecule has 1 amide bonds. The maximum Gasteiger partial charge on any atom is 0.350 e. The molecule has 2 aliphatic heterocycles. The predicted molar refractivity (Wildman–Crippen MR) is 161 cm³/mol. The topological polar surface area (TPSA) is 212 Å². The first-order valence-corrected chi connectivity index (χ1v) is 14.7. The summed E-state index contributed by atoms with van der Waals surface area (Å²) in [4.78, 5) is 31.5. The Morgan fingerprint density at radius 3 is 2.48 bits per heavy atom. The summed E-state index contributed by atoms with van der Waals surface area (Å²) in [6, 6.07) is 6.56. The van der Waals surface area contributed by atoms with Gasteiger partial charge in [0, 0.05) is 31.7 Å². The zero-order valence-electron chi connectivity index (χ0n) is 23.7. The lowest BCUT2D eigenvalue weighted by atomic mass is 9.89. The number of piperidine rings is 1. The average Bonchev–Trinajstić information content (AvgIpc) is 2.98. The Kier molecular flexibility index (Phi) is 9.10. The fourth-order valence-electron chi connectivity index (χ4n) is 6.03. The van der Waals surface area contributed by atoms with E-state index in [-0.39, 0.29) is 36.1 Å². The molecule has 0 unspecified atom stereocenters. The van der Waals surface area contributed by atoms with E-state index in [4.69, 9.17) is 27.0 Å². The standard InChI is InChI=1S/C28H41N11O3/c29-26(30)34-11-1-10-33-19-3-5-20(6-4-19)39-16-23-25(37-28(39)41)36-21-14-18(2-7-22(21)42-23)17-8-12-38(13-9-17)24(40)15-35-27(31)32/h2,7,14,16-17,19-20,33H,1,3-6,8-13,15H2,(H4,29,30,34)(H4,31,32,35)(H,36,37,41). The first-order chi connectivity index (χ1) is 20.3. The molecule has 3 heterocycles. The molecule has 10 N–H and O–H groups in total. The Morgan fingerprint density at radius 1 is 1.02 bits per heavy atom. The quantitative estimate of drug-likeness (QED) is 0.103. The van der Waals surface area contributed by atoms with Crippen molar-refractivity contribution in [3.05, 3.63) is 40.4 Å². The lowest BCUT2D eigenvalue weighted by Crippen LogP contribution is -2.45. The van der Waals surface area contributed by atoms with Gasteiger partial charge in [0.15, 0.2) is 29.2 Å². The van der Waals surface area contributed by atoms with Crippen LogP contribution in [0, 0.1) is 10.8 Å². The number of fused-ring (bicyclic) bond motifs is 2. The number of aromatic nitrogens is 2. The lowest BCUT2D eigenvalue weighted by Gasteiger charge is -2.33. The highest BCUT2D eigenvalue weighted by molar-refractivity contribution is 5.84. The minimum atomic E-state index is -0.285. The molecule has 1 saturated heterocycles. The summed E-state index contributed by atoms with van der Waals surface area (Å²) in [5, 5.41) is 26.7. The van der Waals surface area contributed by atoms with Crippen molar-refractivity contribution in [3.8, 4) is 11.5 Å². The fourth-order valence-corrected chi connectivity index (χ4v) is 6.03. The molecule has 5 rings (SSSR count). The highest BCUT2D eigenvalue weighted by Gasteiger charge is 2.28. The molecule has 14 nitrogen and oxygen atoms in total. The van der Waals surface area contributed by atoms with Crippen molar-refractivity contribution in [3.63, 3.8) is 0 Å². The molecule has 1 aromatic heterocycles. The lowest BCUT2D eigenvalue weighted by molar-refractivity contribution is -0.131. The van der Waals surface area contributed by atoms with Crippen LogP contribution in [0.3, 0.4) is 0 Å². The van der Waals surface area contributed by atoms with Crippen LogP contribution in [-0.4, -0.2) is 71.0 Å². The molecule has 1 saturated carbocycles. The maximum absolute atomic E-state index is 13.0. The molecule has 2 aromatic rings. The number of rotatable bonds is 9. The van der Waals surface area contributed by atoms with Gasteiger partial charge in [0.05, 0.1) is 18.4 Å². The van der Waals surface area contributed by atoms with E-state index in [2.05, 4.69) is 38.4 Å². The van der Waals surface area contributed by atoms with Crippen LogP contribution in [0.4, 0.5) is 11.5 Å². The molecule has 14 heteroatoms. The second-order valence-corrected chi connectivity index (χ2v) is 11.2. The number of guanidine groups is 2. The summed E-state index contributed by atoms with van der Waals surface area (Å²) in [6.07, 6.45) is 8.06. The minimum absolute atomic E-state index is 0.00386. The summed E-state index contributed by atoms with van der Waals surface area (Å²) < 4.78 is 7.92. The normalized spacial score (nSPS) is 20.0. The first-order valence-electron chi connectivity index (χ1n) is 14.7. The van der Waals surface area contributed by atoms with Crippen molar-refractivity contribution < 1.29 is 9.53 Å². The number of amides is 1. The highest BCUT2D eigenvalue weighted by atomic mass is 16.5. The van der Waals surface area contributed by atoms with Gasteiger partial charge in [-0.25, -0.2) is 4.79 Å². The van der Waals surface area contributed by atoms with E-state index in [1.807, 2.05) is 6.07 Å². The number of benzene rings is 1. The van der Waals surface area contributed by atoms with Gasteiger partial charge >= 0.3 is 5.69 Å². The Balaban J connectivity index is 1.15. The molecule has 2 fully saturated rings. The summed E-state index contributed by atoms with van der Waals surface area (Å²) in [7, 11) is 0. The second kappa shape index (κ2) is 13.1. The van der Waals surface area contributed by atoms with E-state index in [1.54, 1.807) is 15.7 Å². The van der Waals surface area contributed by atoms with Crippen LogP contribution in [-0.2, 0) is 4.79 Å². The van der Waals surface area contributed by atoms with E-state index < -0.39 is 0 Å². The van der Waals surface area contributed by atoms with Crippen LogP contribution in [0.5, 0.6) is 11.5 Å². The van der Waals surface area contributed by atoms with Crippen LogP contribution in [0.15, 0.2) is 29.2 Å². The number of carbonyl (C=O) groups excluding carboxylic acids is 1. The molecule has 1 aliphatic carbocycles. The largest absolute Gasteiger partial charge is 0.450 e. The van der Waals surface area contributed by atoms with Crippen molar-refractivity contribution in [2.24, 2.45) is 11.5 Å². The van der Waals surface area contributed by atoms with Crippen molar-refractivity contribution in [1.29, 1.82) is 10.8 Å². The minimum Gasteiger partial charge on any atom is -0.450 e. The third-order valence-corrected chi connectivity index (χ3v) is 8.34. The summed E-state index contributed by atoms with van der Waals surface area (Å²) in [5.74, 6) is 1.68. The van der Waals surface area contributed by atoms with Gasteiger partial charge in [0.2, 0.25) is 5.91 Å². The molecule has 0 radical (unpaired) electrons. The van der Waals surface area contributed by atoms with Crippen LogP contribution in [0.1, 0.15) is 62.5 Å². The number of nitrogens with zero attached hydrogens (tertiary/aromatic N) is 3. The number of nitrogens with one attached hydrogen (secondary N) is 6. The number of nitrogens with two attached hydrogens (primary N) is 2. The van der Waals surface area contributed by atoms with E-state index in [0.717, 1.165) is 62.7 Å². The molecular formula is C28H41N11O3. The molecule has 0 atom stereocenters. The number of likely N-dealkylation sites (tertiary alicyclic amines) is 1. The Morgan fingerprint density at radius 2 is 1.76 bits per heavy atom. The number of hydrogen-bond acceptors (Lipinski definition) is 8. The number of ether oxygens (including phenoxy) is 1. The van der Waals surface area contributed by atoms with Crippen molar-refractivity contribution in [1.82, 2.24) is 30.4 Å². The smallest absolute Gasteiger partial charge is 0.350 e. The summed E-state index contributed by atoms with van der Waals surface area (Å²) in [6.45, 7) is 2.86. The van der Waals surface area contributed by atoms with E-state index in [0.29, 0.717) is 48.9 Å². The maximum atomic E-state index is 13.0. The number of anilines is 2. The van der Waals surface area contributed by atoms with Gasteiger partial charge in [0.25, 0.3) is 0 Å². The van der Waals surface area contributed by atoms with E-state index >= 15 is 0 Å². The predicted octanol–water partition coefficient (Wildman–Crippen LogP) is 1.23. The zero-order valence-corrected chi connectivity index (χ0v) is 23.7. The monoisotopic (exact) mass is 579 g/mol. The van der Waals surface area contributed by atoms with E-state index in [9.17, 15) is 9.59 Å². The van der Waals surface area contributed by atoms with Gasteiger partial charge in [-0.2, -0.15) is 4.98 Å². The van der Waals surface area contributed by atoms with Gasteiger partial charge in [-0.1, -0.05) is 6.07 Å². The Bertz CT molecular complexity index is 1360. The number of carbonyl (C=O) groups is 1. The summed E-state index contributed by atoms with van der Waals surface area (Å²) in [5.41, 5.74) is 12.2. The van der Waals surface area contributed by atoms with Crippen LogP contribution in [0.2, 0.25) is 0 Å². The molecule has 226 valence electrons. The summed E-state index contributed by atoms with van der Waals surface area (Å²) >= 11 is 0. The Hall–Kier alpha value is -4.33. The fraction of sp³-hybridized carbons (Fsp3) is 0.536. The molecule has 0 spiro atoms. The molecule has 3 aliphatic rings. The first kappa shape index (κ1) is 29.2. The van der Waals surface area contributed by atoms with Crippen molar-refractivity contribution in [2.45, 2.75) is 62.9 Å². The number of hydrogen-bond donors (Lipinski definition) is 8. The van der Waals surface area contributed by atoms with Gasteiger partial charge in [0.1, 0.15) is 0 Å². The van der Waals surface area contributed by atoms with Crippen LogP contribution in [0.25, 0.3) is 0 Å². The zero-order chi connectivity index (χ0) is 29.6. The third-order valence-electron chi connectivity index (χ3n) is 8.34. The van der Waals surface area contributed by atoms with Crippen molar-refractivity contribution >= 4 is 29.3 Å². The average molecular weight is 580 g/mol. The molecular weight excluding hydrogens is 538 g/mol. The third kappa shape index (κ3) is 7.11. The SMILES string of the molecule is N=C(N)NCCCNC1CCC(n2cc3c(nc2=O)Nc2cc(C4CCN(C(=O)CNC(=N)N)CC4)ccc2O3)CC1. The van der Waals surface area contributed by atoms with Gasteiger partial charge in [-0.15, -0.1) is 0 Å². The van der Waals surface area contributed by atoms with Gasteiger partial charge in [-0.05, 0) is 75.1 Å². The van der Waals surface area contributed by atoms with Gasteiger partial charge < -0.3 is 42.4 Å². The Labute approximate surface area is 244 Å². The van der Waals surface area contributed by atoms with Crippen LogP contribution < -0.4 is 43.2 Å². The highest BCUT2D eigenvalue weighted by Crippen LogP contribution is 2.43. The van der Waals surface area contributed by atoms with Crippen molar-refractivity contribution in [2.75, 3.05) is 38.0 Å². The van der Waals surface area contributed by atoms with E-state index in [1.165, 1.54) is 0 Å². The molecule has 1 aromatic carbocycles. The second-order valence-electron chi connectivity index (χ2n) is 11.2. The van der Waals surface area contributed by atoms with Crippen LogP contribution >= 0.6 is 0 Å². The molecule has 0 bridgehead atoms. The van der Waals surface area contributed by atoms with Gasteiger partial charge in [-0.3, -0.25) is 20.2 Å².